The molecule has 92 valence electrons. The zero-order valence-electron chi connectivity index (χ0n) is 10.4. The molecule has 1 aliphatic carbocycles. The Labute approximate surface area is 103 Å². The van der Waals surface area contributed by atoms with E-state index in [4.69, 9.17) is 0 Å². The van der Waals surface area contributed by atoms with E-state index in [9.17, 15) is 5.11 Å². The summed E-state index contributed by atoms with van der Waals surface area (Å²) in [5.41, 5.74) is 1.98. The van der Waals surface area contributed by atoms with Crippen LogP contribution in [0.2, 0.25) is 0 Å². The molecule has 17 heavy (non-hydrogen) atoms. The molecule has 3 rings (SSSR count). The zero-order valence-corrected chi connectivity index (χ0v) is 10.4. The van der Waals surface area contributed by atoms with E-state index >= 15 is 0 Å². The highest BCUT2D eigenvalue weighted by Gasteiger charge is 2.42. The molecule has 0 bridgehead atoms. The van der Waals surface area contributed by atoms with Crippen LogP contribution in [0.3, 0.4) is 0 Å². The SMILES string of the molecule is OC1(c2cccc(CN3CCCCC3)c2)CC1. The highest BCUT2D eigenvalue weighted by atomic mass is 16.3. The van der Waals surface area contributed by atoms with Crippen LogP contribution in [0.5, 0.6) is 0 Å². The molecule has 1 aromatic rings. The van der Waals surface area contributed by atoms with Gasteiger partial charge in [0, 0.05) is 6.54 Å². The minimum atomic E-state index is -0.488. The number of piperidine rings is 1. The van der Waals surface area contributed by atoms with Crippen molar-refractivity contribution in [3.63, 3.8) is 0 Å². The summed E-state index contributed by atoms with van der Waals surface area (Å²) in [6.07, 6.45) is 5.92. The van der Waals surface area contributed by atoms with E-state index in [1.165, 1.54) is 37.9 Å². The highest BCUT2D eigenvalue weighted by Crippen LogP contribution is 2.45. The van der Waals surface area contributed by atoms with Crippen LogP contribution in [0.15, 0.2) is 24.3 Å². The summed E-state index contributed by atoms with van der Waals surface area (Å²) in [5.74, 6) is 0. The first-order valence-electron chi connectivity index (χ1n) is 6.80. The maximum atomic E-state index is 10.1. The van der Waals surface area contributed by atoms with Gasteiger partial charge in [-0.15, -0.1) is 0 Å². The van der Waals surface area contributed by atoms with Crippen molar-refractivity contribution < 1.29 is 5.11 Å². The number of hydrogen-bond donors (Lipinski definition) is 1. The number of rotatable bonds is 3. The number of nitrogens with zero attached hydrogens (tertiary/aromatic N) is 1. The van der Waals surface area contributed by atoms with Gasteiger partial charge in [0.05, 0.1) is 5.60 Å². The number of hydrogen-bond acceptors (Lipinski definition) is 2. The molecule has 1 aliphatic heterocycles. The molecule has 0 atom stereocenters. The fourth-order valence-corrected chi connectivity index (χ4v) is 2.74. The van der Waals surface area contributed by atoms with Gasteiger partial charge in [-0.2, -0.15) is 0 Å². The van der Waals surface area contributed by atoms with E-state index in [-0.39, 0.29) is 0 Å². The molecule has 1 aromatic carbocycles. The largest absolute Gasteiger partial charge is 0.385 e. The third kappa shape index (κ3) is 2.53. The molecule has 1 saturated heterocycles. The van der Waals surface area contributed by atoms with Gasteiger partial charge in [0.1, 0.15) is 0 Å². The fourth-order valence-electron chi connectivity index (χ4n) is 2.74. The van der Waals surface area contributed by atoms with Gasteiger partial charge >= 0.3 is 0 Å². The Morgan fingerprint density at radius 2 is 1.88 bits per heavy atom. The van der Waals surface area contributed by atoms with Gasteiger partial charge in [0.25, 0.3) is 0 Å². The van der Waals surface area contributed by atoms with Crippen molar-refractivity contribution in [3.05, 3.63) is 35.4 Å². The second-order valence-electron chi connectivity index (χ2n) is 5.57. The number of benzene rings is 1. The van der Waals surface area contributed by atoms with Crippen molar-refractivity contribution in [3.8, 4) is 0 Å². The molecule has 0 radical (unpaired) electrons. The molecule has 1 heterocycles. The fraction of sp³-hybridized carbons (Fsp3) is 0.600. The molecule has 1 N–H and O–H groups in total. The van der Waals surface area contributed by atoms with E-state index in [1.54, 1.807) is 0 Å². The van der Waals surface area contributed by atoms with Crippen molar-refractivity contribution in [2.45, 2.75) is 44.2 Å². The van der Waals surface area contributed by atoms with E-state index in [0.717, 1.165) is 24.9 Å². The van der Waals surface area contributed by atoms with Crippen LogP contribution >= 0.6 is 0 Å². The predicted octanol–water partition coefficient (Wildman–Crippen LogP) is 2.65. The van der Waals surface area contributed by atoms with Crippen LogP contribution in [-0.4, -0.2) is 23.1 Å². The predicted molar refractivity (Wildman–Crippen MR) is 68.7 cm³/mol. The van der Waals surface area contributed by atoms with Crippen molar-refractivity contribution >= 4 is 0 Å². The van der Waals surface area contributed by atoms with Crippen LogP contribution in [-0.2, 0) is 12.1 Å². The average Bonchev–Trinajstić information content (AvgIpc) is 3.11. The van der Waals surface area contributed by atoms with Crippen molar-refractivity contribution in [1.82, 2.24) is 4.90 Å². The first-order valence-corrected chi connectivity index (χ1v) is 6.80. The molecule has 2 fully saturated rings. The summed E-state index contributed by atoms with van der Waals surface area (Å²) in [5, 5.41) is 10.1. The Kier molecular flexibility index (Phi) is 2.93. The van der Waals surface area contributed by atoms with Gasteiger partial charge in [-0.1, -0.05) is 30.7 Å². The number of likely N-dealkylation sites (tertiary alicyclic amines) is 1. The van der Waals surface area contributed by atoms with Crippen LogP contribution in [0.4, 0.5) is 0 Å². The van der Waals surface area contributed by atoms with Gasteiger partial charge in [-0.3, -0.25) is 4.90 Å². The van der Waals surface area contributed by atoms with Gasteiger partial charge in [0.2, 0.25) is 0 Å². The van der Waals surface area contributed by atoms with Crippen LogP contribution in [0.25, 0.3) is 0 Å². The summed E-state index contributed by atoms with van der Waals surface area (Å²) in [4.78, 5) is 2.53. The Balaban J connectivity index is 1.70. The lowest BCUT2D eigenvalue weighted by atomic mass is 10.0. The molecule has 2 heteroatoms. The van der Waals surface area contributed by atoms with E-state index in [1.807, 2.05) is 0 Å². The standard InChI is InChI=1S/C15H21NO/c17-15(7-8-15)14-6-4-5-13(11-14)12-16-9-2-1-3-10-16/h4-6,11,17H,1-3,7-10,12H2. The normalized spacial score (nSPS) is 23.6. The minimum Gasteiger partial charge on any atom is -0.385 e. The molecule has 2 aliphatic rings. The zero-order chi connectivity index (χ0) is 11.7. The molecule has 1 saturated carbocycles. The second kappa shape index (κ2) is 4.43. The minimum absolute atomic E-state index is 0.488. The van der Waals surface area contributed by atoms with E-state index in [0.29, 0.717) is 0 Å². The quantitative estimate of drug-likeness (QED) is 0.864. The van der Waals surface area contributed by atoms with Gasteiger partial charge in [-0.05, 0) is 49.9 Å². The van der Waals surface area contributed by atoms with Crippen LogP contribution in [0, 0.1) is 0 Å². The van der Waals surface area contributed by atoms with Crippen LogP contribution < -0.4 is 0 Å². The lowest BCUT2D eigenvalue weighted by Crippen LogP contribution is -2.29. The average molecular weight is 231 g/mol. The summed E-state index contributed by atoms with van der Waals surface area (Å²) in [7, 11) is 0. The smallest absolute Gasteiger partial charge is 0.0899 e. The maximum absolute atomic E-state index is 10.1. The molecule has 0 amide bonds. The molecule has 0 unspecified atom stereocenters. The highest BCUT2D eigenvalue weighted by molar-refractivity contribution is 5.31. The van der Waals surface area contributed by atoms with Crippen molar-refractivity contribution in [1.29, 1.82) is 0 Å². The first kappa shape index (κ1) is 11.2. The lowest BCUT2D eigenvalue weighted by Gasteiger charge is -2.26. The van der Waals surface area contributed by atoms with E-state index in [2.05, 4.69) is 29.2 Å². The van der Waals surface area contributed by atoms with Gasteiger partial charge < -0.3 is 5.11 Å². The van der Waals surface area contributed by atoms with E-state index < -0.39 is 5.60 Å². The topological polar surface area (TPSA) is 23.5 Å². The molecular weight excluding hydrogens is 210 g/mol. The summed E-state index contributed by atoms with van der Waals surface area (Å²) < 4.78 is 0. The lowest BCUT2D eigenvalue weighted by molar-refractivity contribution is 0.151. The molecule has 2 nitrogen and oxygen atoms in total. The monoisotopic (exact) mass is 231 g/mol. The van der Waals surface area contributed by atoms with Gasteiger partial charge in [-0.25, -0.2) is 0 Å². The first-order chi connectivity index (χ1) is 8.26. The third-order valence-corrected chi connectivity index (χ3v) is 4.04. The molecular formula is C15H21NO. The maximum Gasteiger partial charge on any atom is 0.0899 e. The Morgan fingerprint density at radius 3 is 2.59 bits per heavy atom. The van der Waals surface area contributed by atoms with Gasteiger partial charge in [0.15, 0.2) is 0 Å². The Morgan fingerprint density at radius 1 is 1.12 bits per heavy atom. The van der Waals surface area contributed by atoms with Crippen molar-refractivity contribution in [2.75, 3.05) is 13.1 Å². The molecule has 0 spiro atoms. The third-order valence-electron chi connectivity index (χ3n) is 4.04. The summed E-state index contributed by atoms with van der Waals surface area (Å²) >= 11 is 0. The molecule has 0 aromatic heterocycles. The summed E-state index contributed by atoms with van der Waals surface area (Å²) in [6, 6.07) is 8.53. The Hall–Kier alpha value is -0.860. The Bertz CT molecular complexity index is 392. The van der Waals surface area contributed by atoms with Crippen molar-refractivity contribution in [2.24, 2.45) is 0 Å². The van der Waals surface area contributed by atoms with Crippen LogP contribution in [0.1, 0.15) is 43.2 Å². The summed E-state index contributed by atoms with van der Waals surface area (Å²) in [6.45, 7) is 3.51. The number of aliphatic hydroxyl groups is 1. The second-order valence-corrected chi connectivity index (χ2v) is 5.57.